The number of benzene rings is 3. The number of phenols is 1. The van der Waals surface area contributed by atoms with Crippen molar-refractivity contribution in [2.24, 2.45) is 0 Å². The largest absolute Gasteiger partial charge is 0.507 e. The summed E-state index contributed by atoms with van der Waals surface area (Å²) in [5.41, 5.74) is 3.04. The Labute approximate surface area is 254 Å². The standard InChI is InChI=1S/C31H34ClN5O6/c1-5-7-24-27(13-12-23(20(3)38)29(24)39)42-14-6-15-43-28-17-26(19(2)16-25(28)32)33-31(40)30-34-35-36-37(30)18-21-8-10-22(41-4)11-9-21/h8-13,16-17,39H,5-7,14-15,18H2,1-4H3,(H,33,40). The summed E-state index contributed by atoms with van der Waals surface area (Å²) < 4.78 is 18.4. The Hall–Kier alpha value is -4.64. The summed E-state index contributed by atoms with van der Waals surface area (Å²) in [6, 6.07) is 14.0. The van der Waals surface area contributed by atoms with E-state index >= 15 is 0 Å². The number of amides is 1. The molecule has 0 unspecified atom stereocenters. The van der Waals surface area contributed by atoms with Gasteiger partial charge in [-0.15, -0.1) is 5.10 Å². The molecular formula is C31H34ClN5O6. The van der Waals surface area contributed by atoms with E-state index in [0.29, 0.717) is 53.8 Å². The van der Waals surface area contributed by atoms with E-state index in [1.54, 1.807) is 31.4 Å². The van der Waals surface area contributed by atoms with Crippen molar-refractivity contribution in [2.75, 3.05) is 25.6 Å². The second-order valence-electron chi connectivity index (χ2n) is 9.85. The number of carbonyl (C=O) groups is 2. The van der Waals surface area contributed by atoms with Crippen molar-refractivity contribution in [2.45, 2.75) is 46.6 Å². The molecule has 0 radical (unpaired) electrons. The van der Waals surface area contributed by atoms with Crippen molar-refractivity contribution in [1.29, 1.82) is 0 Å². The first-order valence-corrected chi connectivity index (χ1v) is 14.2. The normalized spacial score (nSPS) is 10.8. The maximum absolute atomic E-state index is 13.1. The van der Waals surface area contributed by atoms with Crippen molar-refractivity contribution in [3.63, 3.8) is 0 Å². The number of methoxy groups -OCH3 is 1. The fourth-order valence-corrected chi connectivity index (χ4v) is 4.68. The van der Waals surface area contributed by atoms with Gasteiger partial charge >= 0.3 is 0 Å². The van der Waals surface area contributed by atoms with Crippen LogP contribution in [0.4, 0.5) is 5.69 Å². The van der Waals surface area contributed by atoms with Crippen LogP contribution in [-0.4, -0.2) is 57.3 Å². The van der Waals surface area contributed by atoms with Gasteiger partial charge in [0, 0.05) is 23.7 Å². The Balaban J connectivity index is 1.36. The molecule has 12 heteroatoms. The van der Waals surface area contributed by atoms with Gasteiger partial charge in [-0.25, -0.2) is 4.68 Å². The molecule has 0 saturated carbocycles. The highest BCUT2D eigenvalue weighted by Gasteiger charge is 2.19. The Morgan fingerprint density at radius 3 is 2.44 bits per heavy atom. The van der Waals surface area contributed by atoms with E-state index in [4.69, 9.17) is 25.8 Å². The monoisotopic (exact) mass is 607 g/mol. The number of aromatic hydroxyl groups is 1. The van der Waals surface area contributed by atoms with E-state index in [2.05, 4.69) is 20.8 Å². The summed E-state index contributed by atoms with van der Waals surface area (Å²) in [6.45, 7) is 6.14. The van der Waals surface area contributed by atoms with E-state index < -0.39 is 5.91 Å². The number of tetrazole rings is 1. The van der Waals surface area contributed by atoms with Gasteiger partial charge in [-0.2, -0.15) is 0 Å². The van der Waals surface area contributed by atoms with Crippen LogP contribution in [0.15, 0.2) is 48.5 Å². The van der Waals surface area contributed by atoms with E-state index in [1.807, 2.05) is 38.1 Å². The Morgan fingerprint density at radius 2 is 1.77 bits per heavy atom. The molecule has 0 aliphatic heterocycles. The number of hydrogen-bond acceptors (Lipinski definition) is 9. The Morgan fingerprint density at radius 1 is 1.05 bits per heavy atom. The van der Waals surface area contributed by atoms with Crippen LogP contribution in [0.5, 0.6) is 23.0 Å². The lowest BCUT2D eigenvalue weighted by Gasteiger charge is -2.15. The van der Waals surface area contributed by atoms with Crippen LogP contribution < -0.4 is 19.5 Å². The number of rotatable bonds is 14. The van der Waals surface area contributed by atoms with Crippen LogP contribution in [0.25, 0.3) is 0 Å². The minimum Gasteiger partial charge on any atom is -0.507 e. The number of phenolic OH excluding ortho intramolecular Hbond substituents is 1. The smallest absolute Gasteiger partial charge is 0.295 e. The van der Waals surface area contributed by atoms with Crippen molar-refractivity contribution in [3.05, 3.63) is 81.6 Å². The van der Waals surface area contributed by atoms with Gasteiger partial charge in [-0.3, -0.25) is 9.59 Å². The average Bonchev–Trinajstić information content (AvgIpc) is 3.45. The molecule has 4 aromatic rings. The number of nitrogens with one attached hydrogen (secondary N) is 1. The maximum Gasteiger partial charge on any atom is 0.295 e. The molecule has 0 aliphatic carbocycles. The van der Waals surface area contributed by atoms with Crippen LogP contribution >= 0.6 is 11.6 Å². The second-order valence-corrected chi connectivity index (χ2v) is 10.3. The van der Waals surface area contributed by atoms with Crippen LogP contribution in [0.2, 0.25) is 5.02 Å². The average molecular weight is 608 g/mol. The zero-order valence-corrected chi connectivity index (χ0v) is 25.3. The fourth-order valence-electron chi connectivity index (χ4n) is 4.41. The highest BCUT2D eigenvalue weighted by Crippen LogP contribution is 2.34. The number of aromatic nitrogens is 4. The van der Waals surface area contributed by atoms with Crippen LogP contribution in [0.3, 0.4) is 0 Å². The summed E-state index contributed by atoms with van der Waals surface area (Å²) in [6.07, 6.45) is 1.89. The number of aryl methyl sites for hydroxylation is 1. The van der Waals surface area contributed by atoms with Gasteiger partial charge in [0.15, 0.2) is 5.78 Å². The lowest BCUT2D eigenvalue weighted by atomic mass is 10.0. The minimum absolute atomic E-state index is 0.0288. The van der Waals surface area contributed by atoms with Crippen LogP contribution in [0, 0.1) is 6.92 Å². The lowest BCUT2D eigenvalue weighted by molar-refractivity contribution is 0.100. The number of halogens is 1. The molecule has 0 saturated heterocycles. The van der Waals surface area contributed by atoms with Gasteiger partial charge in [-0.05, 0) is 72.2 Å². The summed E-state index contributed by atoms with van der Waals surface area (Å²) in [4.78, 5) is 24.9. The molecule has 226 valence electrons. The van der Waals surface area contributed by atoms with Gasteiger partial charge in [0.2, 0.25) is 5.82 Å². The predicted octanol–water partition coefficient (Wildman–Crippen LogP) is 5.65. The van der Waals surface area contributed by atoms with Crippen molar-refractivity contribution in [1.82, 2.24) is 20.2 Å². The molecule has 0 atom stereocenters. The zero-order chi connectivity index (χ0) is 30.9. The SMILES string of the molecule is CCCc1c(OCCCOc2cc(NC(=O)c3nnnn3Cc3ccc(OC)cc3)c(C)cc2Cl)ccc(C(C)=O)c1O. The molecule has 11 nitrogen and oxygen atoms in total. The molecule has 0 aliphatic rings. The first kappa shape index (κ1) is 31.3. The van der Waals surface area contributed by atoms with Crippen molar-refractivity contribution >= 4 is 29.0 Å². The van der Waals surface area contributed by atoms with Gasteiger partial charge in [-0.1, -0.05) is 37.1 Å². The highest BCUT2D eigenvalue weighted by atomic mass is 35.5. The number of Topliss-reactive ketones (excluding diaryl/α,β-unsaturated/α-hetero) is 1. The molecule has 1 heterocycles. The molecule has 0 spiro atoms. The van der Waals surface area contributed by atoms with E-state index in [9.17, 15) is 14.7 Å². The molecular weight excluding hydrogens is 574 g/mol. The van der Waals surface area contributed by atoms with E-state index in [-0.39, 0.29) is 29.5 Å². The minimum atomic E-state index is -0.481. The number of ketones is 1. The van der Waals surface area contributed by atoms with Gasteiger partial charge in [0.1, 0.15) is 23.0 Å². The number of hydrogen-bond donors (Lipinski definition) is 2. The number of carbonyl (C=O) groups excluding carboxylic acids is 2. The number of anilines is 1. The number of ether oxygens (including phenoxy) is 3. The molecule has 2 N–H and O–H groups in total. The molecule has 43 heavy (non-hydrogen) atoms. The molecule has 0 bridgehead atoms. The third kappa shape index (κ3) is 7.81. The van der Waals surface area contributed by atoms with Crippen LogP contribution in [0.1, 0.15) is 64.4 Å². The maximum atomic E-state index is 13.1. The quantitative estimate of drug-likeness (QED) is 0.137. The Bertz CT molecular complexity index is 1590. The molecule has 3 aromatic carbocycles. The summed E-state index contributed by atoms with van der Waals surface area (Å²) >= 11 is 6.43. The summed E-state index contributed by atoms with van der Waals surface area (Å²) in [5, 5.41) is 25.3. The molecule has 0 fully saturated rings. The van der Waals surface area contributed by atoms with Crippen molar-refractivity contribution in [3.8, 4) is 23.0 Å². The lowest BCUT2D eigenvalue weighted by Crippen LogP contribution is -2.20. The third-order valence-electron chi connectivity index (χ3n) is 6.68. The van der Waals surface area contributed by atoms with Gasteiger partial charge < -0.3 is 24.6 Å². The molecule has 1 amide bonds. The summed E-state index contributed by atoms with van der Waals surface area (Å²) in [5.74, 6) is 1.00. The van der Waals surface area contributed by atoms with Crippen molar-refractivity contribution < 1.29 is 28.9 Å². The first-order valence-electron chi connectivity index (χ1n) is 13.8. The second kappa shape index (κ2) is 14.5. The highest BCUT2D eigenvalue weighted by molar-refractivity contribution is 6.32. The van der Waals surface area contributed by atoms with E-state index in [1.165, 1.54) is 11.6 Å². The fraction of sp³-hybridized carbons (Fsp3) is 0.323. The van der Waals surface area contributed by atoms with Gasteiger partial charge in [0.25, 0.3) is 5.91 Å². The van der Waals surface area contributed by atoms with Crippen LogP contribution in [-0.2, 0) is 13.0 Å². The summed E-state index contributed by atoms with van der Waals surface area (Å²) in [7, 11) is 1.59. The molecule has 4 rings (SSSR count). The topological polar surface area (TPSA) is 138 Å². The predicted molar refractivity (Wildman–Crippen MR) is 162 cm³/mol. The van der Waals surface area contributed by atoms with Gasteiger partial charge in [0.05, 0.1) is 37.5 Å². The third-order valence-corrected chi connectivity index (χ3v) is 6.97. The van der Waals surface area contributed by atoms with E-state index in [0.717, 1.165) is 23.3 Å². The molecule has 1 aromatic heterocycles. The zero-order valence-electron chi connectivity index (χ0n) is 24.5. The Kier molecular flexibility index (Phi) is 10.6. The number of nitrogens with zero attached hydrogens (tertiary/aromatic N) is 4. The first-order chi connectivity index (χ1) is 20.7.